The van der Waals surface area contributed by atoms with Crippen LogP contribution in [0.1, 0.15) is 59.4 Å². The highest BCUT2D eigenvalue weighted by Gasteiger charge is 2.16. The van der Waals surface area contributed by atoms with E-state index in [1.54, 1.807) is 0 Å². The Bertz CT molecular complexity index is 423. The lowest BCUT2D eigenvalue weighted by molar-refractivity contribution is 0.179. The molecule has 0 amide bonds. The molecule has 0 saturated heterocycles. The summed E-state index contributed by atoms with van der Waals surface area (Å²) in [4.78, 5) is 0. The van der Waals surface area contributed by atoms with Gasteiger partial charge >= 0.3 is 0 Å². The summed E-state index contributed by atoms with van der Waals surface area (Å²) in [7, 11) is 0. The smallest absolute Gasteiger partial charge is 0.123 e. The van der Waals surface area contributed by atoms with Crippen LogP contribution in [0, 0.1) is 0 Å². The molecular weight excluding hydrogens is 314 g/mol. The monoisotopic (exact) mass is 341 g/mol. The van der Waals surface area contributed by atoms with Gasteiger partial charge in [0.1, 0.15) is 11.9 Å². The molecule has 114 valence electrons. The minimum absolute atomic E-state index is 0.122. The Kier molecular flexibility index (Phi) is 6.53. The van der Waals surface area contributed by atoms with Gasteiger partial charge in [-0.05, 0) is 56.9 Å². The number of ether oxygens (including phenoxy) is 1. The number of hydrogen-bond acceptors (Lipinski definition) is 2. The molecule has 1 unspecified atom stereocenters. The van der Waals surface area contributed by atoms with E-state index in [1.165, 1.54) is 5.56 Å². The minimum Gasteiger partial charge on any atom is -0.489 e. The van der Waals surface area contributed by atoms with Crippen molar-refractivity contribution in [2.24, 2.45) is 0 Å². The summed E-state index contributed by atoms with van der Waals surface area (Å²) in [6.45, 7) is 14.0. The Hall–Kier alpha value is -0.540. The van der Waals surface area contributed by atoms with Crippen LogP contribution in [0.25, 0.3) is 0 Å². The van der Waals surface area contributed by atoms with Crippen LogP contribution in [0.2, 0.25) is 0 Å². The number of hydrogen-bond donors (Lipinski definition) is 1. The zero-order valence-corrected chi connectivity index (χ0v) is 15.2. The molecule has 1 aromatic carbocycles. The first-order valence-corrected chi connectivity index (χ1v) is 8.23. The largest absolute Gasteiger partial charge is 0.489 e. The summed E-state index contributed by atoms with van der Waals surface area (Å²) >= 11 is 3.54. The zero-order chi connectivity index (χ0) is 15.3. The first kappa shape index (κ1) is 17.5. The van der Waals surface area contributed by atoms with Gasteiger partial charge in [-0.15, -0.1) is 0 Å². The topological polar surface area (TPSA) is 21.3 Å². The van der Waals surface area contributed by atoms with E-state index in [4.69, 9.17) is 4.74 Å². The van der Waals surface area contributed by atoms with Gasteiger partial charge in [0.05, 0.1) is 0 Å². The van der Waals surface area contributed by atoms with Crippen LogP contribution in [-0.4, -0.2) is 18.2 Å². The van der Waals surface area contributed by atoms with Crippen molar-refractivity contribution in [1.82, 2.24) is 5.32 Å². The summed E-state index contributed by atoms with van der Waals surface area (Å²) in [5, 5.41) is 3.52. The van der Waals surface area contributed by atoms with Crippen molar-refractivity contribution < 1.29 is 4.74 Å². The van der Waals surface area contributed by atoms with E-state index in [-0.39, 0.29) is 11.6 Å². The molecule has 0 aliphatic carbocycles. The van der Waals surface area contributed by atoms with Gasteiger partial charge in [-0.2, -0.15) is 0 Å². The second-order valence-electron chi connectivity index (χ2n) is 6.62. The fourth-order valence-corrected chi connectivity index (χ4v) is 2.33. The van der Waals surface area contributed by atoms with Gasteiger partial charge in [0.2, 0.25) is 0 Å². The quantitative estimate of drug-likeness (QED) is 0.775. The lowest BCUT2D eigenvalue weighted by Crippen LogP contribution is -2.42. The van der Waals surface area contributed by atoms with E-state index in [1.807, 2.05) is 6.07 Å². The molecule has 1 atom stereocenters. The molecular formula is C17H28BrNO. The fraction of sp³-hybridized carbons (Fsp3) is 0.647. The van der Waals surface area contributed by atoms with Crippen LogP contribution in [-0.2, 0) is 0 Å². The highest BCUT2D eigenvalue weighted by Crippen LogP contribution is 2.30. The average Bonchev–Trinajstić information content (AvgIpc) is 2.34. The van der Waals surface area contributed by atoms with Crippen LogP contribution >= 0.6 is 15.9 Å². The maximum Gasteiger partial charge on any atom is 0.123 e. The molecule has 0 fully saturated rings. The van der Waals surface area contributed by atoms with E-state index in [0.717, 1.165) is 23.2 Å². The number of benzene rings is 1. The third kappa shape index (κ3) is 5.84. The molecule has 20 heavy (non-hydrogen) atoms. The predicted molar refractivity (Wildman–Crippen MR) is 90.7 cm³/mol. The molecule has 0 heterocycles. The lowest BCUT2D eigenvalue weighted by Gasteiger charge is -2.26. The van der Waals surface area contributed by atoms with Gasteiger partial charge in [-0.25, -0.2) is 0 Å². The molecule has 1 rings (SSSR count). The first-order valence-electron chi connectivity index (χ1n) is 7.44. The third-order valence-electron chi connectivity index (χ3n) is 3.20. The highest BCUT2D eigenvalue weighted by atomic mass is 79.9. The molecule has 0 aromatic heterocycles. The van der Waals surface area contributed by atoms with Crippen molar-refractivity contribution in [2.75, 3.05) is 6.54 Å². The fourth-order valence-electron chi connectivity index (χ4n) is 1.95. The predicted octanol–water partition coefficient (Wildman–Crippen LogP) is 5.12. The molecule has 1 N–H and O–H groups in total. The molecule has 0 aliphatic heterocycles. The lowest BCUT2D eigenvalue weighted by atomic mass is 10.0. The van der Waals surface area contributed by atoms with Crippen molar-refractivity contribution in [1.29, 1.82) is 0 Å². The normalized spacial score (nSPS) is 13.6. The minimum atomic E-state index is 0.122. The first-order chi connectivity index (χ1) is 9.23. The highest BCUT2D eigenvalue weighted by molar-refractivity contribution is 9.10. The Morgan fingerprint density at radius 3 is 2.40 bits per heavy atom. The maximum absolute atomic E-state index is 6.22. The Balaban J connectivity index is 2.79. The summed E-state index contributed by atoms with van der Waals surface area (Å²) in [5.74, 6) is 1.46. The third-order valence-corrected chi connectivity index (χ3v) is 3.70. The number of halogens is 1. The van der Waals surface area contributed by atoms with E-state index in [2.05, 4.69) is 74.9 Å². The van der Waals surface area contributed by atoms with Crippen LogP contribution in [0.5, 0.6) is 5.75 Å². The van der Waals surface area contributed by atoms with Gasteiger partial charge in [0.25, 0.3) is 0 Å². The van der Waals surface area contributed by atoms with E-state index in [9.17, 15) is 0 Å². The van der Waals surface area contributed by atoms with Gasteiger partial charge in [0.15, 0.2) is 0 Å². The Labute approximate surface area is 132 Å². The van der Waals surface area contributed by atoms with Crippen molar-refractivity contribution in [3.05, 3.63) is 28.2 Å². The molecule has 3 heteroatoms. The van der Waals surface area contributed by atoms with E-state index in [0.29, 0.717) is 5.92 Å². The molecule has 1 aromatic rings. The Morgan fingerprint density at radius 2 is 1.90 bits per heavy atom. The van der Waals surface area contributed by atoms with Gasteiger partial charge in [-0.3, -0.25) is 0 Å². The number of rotatable bonds is 6. The van der Waals surface area contributed by atoms with Crippen LogP contribution < -0.4 is 10.1 Å². The average molecular weight is 342 g/mol. The zero-order valence-electron chi connectivity index (χ0n) is 13.6. The summed E-state index contributed by atoms with van der Waals surface area (Å²) in [5.41, 5.74) is 1.38. The number of nitrogens with one attached hydrogen (secondary N) is 1. The SMILES string of the molecule is CCC(CNC(C)(C)C)Oc1ccc(Br)cc1C(C)C. The molecule has 0 radical (unpaired) electrons. The molecule has 0 spiro atoms. The van der Waals surface area contributed by atoms with Crippen LogP contribution in [0.15, 0.2) is 22.7 Å². The van der Waals surface area contributed by atoms with Crippen molar-refractivity contribution in [3.63, 3.8) is 0 Å². The van der Waals surface area contributed by atoms with Crippen LogP contribution in [0.3, 0.4) is 0 Å². The summed E-state index contributed by atoms with van der Waals surface area (Å²) in [6.07, 6.45) is 1.20. The van der Waals surface area contributed by atoms with E-state index >= 15 is 0 Å². The molecule has 2 nitrogen and oxygen atoms in total. The Morgan fingerprint density at radius 1 is 1.25 bits per heavy atom. The van der Waals surface area contributed by atoms with E-state index < -0.39 is 0 Å². The standard InChI is InChI=1S/C17H28BrNO/c1-7-14(11-19-17(4,5)6)20-16-9-8-13(18)10-15(16)12(2)3/h8-10,12,14,19H,7,11H2,1-6H3. The molecule has 0 bridgehead atoms. The van der Waals surface area contributed by atoms with Crippen molar-refractivity contribution in [2.45, 2.75) is 65.5 Å². The van der Waals surface area contributed by atoms with Crippen molar-refractivity contribution >= 4 is 15.9 Å². The van der Waals surface area contributed by atoms with Crippen molar-refractivity contribution in [3.8, 4) is 5.75 Å². The molecule has 0 saturated carbocycles. The molecule has 0 aliphatic rings. The van der Waals surface area contributed by atoms with Gasteiger partial charge in [-0.1, -0.05) is 36.7 Å². The van der Waals surface area contributed by atoms with Gasteiger partial charge in [0, 0.05) is 16.6 Å². The summed E-state index contributed by atoms with van der Waals surface area (Å²) in [6, 6.07) is 6.27. The second kappa shape index (κ2) is 7.46. The maximum atomic E-state index is 6.22. The summed E-state index contributed by atoms with van der Waals surface area (Å²) < 4.78 is 7.33. The van der Waals surface area contributed by atoms with Crippen LogP contribution in [0.4, 0.5) is 0 Å². The van der Waals surface area contributed by atoms with Gasteiger partial charge < -0.3 is 10.1 Å². The second-order valence-corrected chi connectivity index (χ2v) is 7.53.